The van der Waals surface area contributed by atoms with Crippen LogP contribution in [0.1, 0.15) is 37.0 Å². The Morgan fingerprint density at radius 3 is 2.41 bits per heavy atom. The molecule has 0 aliphatic carbocycles. The number of aromatic carboxylic acids is 1. The van der Waals surface area contributed by atoms with Crippen LogP contribution in [0.2, 0.25) is 0 Å². The summed E-state index contributed by atoms with van der Waals surface area (Å²) >= 11 is 0. The van der Waals surface area contributed by atoms with Gasteiger partial charge in [0.1, 0.15) is 0 Å². The summed E-state index contributed by atoms with van der Waals surface area (Å²) < 4.78 is 0. The minimum atomic E-state index is -0.968. The molecule has 4 heteroatoms. The van der Waals surface area contributed by atoms with E-state index >= 15 is 0 Å². The summed E-state index contributed by atoms with van der Waals surface area (Å²) in [6.07, 6.45) is 1.26. The molecule has 1 aromatic rings. The van der Waals surface area contributed by atoms with E-state index in [1.54, 1.807) is 24.3 Å². The van der Waals surface area contributed by atoms with Gasteiger partial charge >= 0.3 is 5.97 Å². The topological polar surface area (TPSA) is 69.6 Å². The molecule has 0 unspecified atom stereocenters. The van der Waals surface area contributed by atoms with E-state index in [1.807, 2.05) is 13.8 Å². The monoisotopic (exact) mass is 237 g/mol. The van der Waals surface area contributed by atoms with Gasteiger partial charge < -0.3 is 15.5 Å². The van der Waals surface area contributed by atoms with Crippen LogP contribution in [0.3, 0.4) is 0 Å². The molecule has 4 nitrogen and oxygen atoms in total. The van der Waals surface area contributed by atoms with E-state index in [-0.39, 0.29) is 5.56 Å². The number of hydrogen-bond donors (Lipinski definition) is 3. The molecule has 0 spiro atoms. The standard InChI is InChI=1S/C13H19NO3/c1-3-13(17,4-2)9-14-11-8-6-5-7-10(11)12(15)16/h5-8,14,17H,3-4,9H2,1-2H3,(H,15,16). The molecule has 1 aromatic carbocycles. The molecule has 0 saturated carbocycles. The number of carbonyl (C=O) groups is 1. The maximum absolute atomic E-state index is 11.0. The number of rotatable bonds is 6. The Labute approximate surface area is 101 Å². The summed E-state index contributed by atoms with van der Waals surface area (Å²) in [6, 6.07) is 6.70. The minimum absolute atomic E-state index is 0.224. The molecule has 0 aliphatic heterocycles. The first-order valence-corrected chi connectivity index (χ1v) is 5.81. The molecule has 0 aromatic heterocycles. The quantitative estimate of drug-likeness (QED) is 0.710. The molecule has 0 bridgehead atoms. The number of hydrogen-bond acceptors (Lipinski definition) is 3. The summed E-state index contributed by atoms with van der Waals surface area (Å²) in [5.74, 6) is -0.968. The van der Waals surface area contributed by atoms with Gasteiger partial charge in [-0.1, -0.05) is 26.0 Å². The second-order valence-electron chi connectivity index (χ2n) is 4.14. The largest absolute Gasteiger partial charge is 0.478 e. The van der Waals surface area contributed by atoms with Gasteiger partial charge in [-0.15, -0.1) is 0 Å². The summed E-state index contributed by atoms with van der Waals surface area (Å²) in [7, 11) is 0. The summed E-state index contributed by atoms with van der Waals surface area (Å²) in [5, 5.41) is 22.1. The number of carboxylic acid groups (broad SMARTS) is 1. The van der Waals surface area contributed by atoms with Gasteiger partial charge in [0.2, 0.25) is 0 Å². The molecule has 0 saturated heterocycles. The fourth-order valence-corrected chi connectivity index (χ4v) is 1.58. The van der Waals surface area contributed by atoms with Crippen LogP contribution < -0.4 is 5.32 Å². The molecule has 94 valence electrons. The van der Waals surface area contributed by atoms with Gasteiger partial charge in [-0.05, 0) is 25.0 Å². The number of benzene rings is 1. The van der Waals surface area contributed by atoms with Crippen molar-refractivity contribution in [3.63, 3.8) is 0 Å². The van der Waals surface area contributed by atoms with Crippen molar-refractivity contribution < 1.29 is 15.0 Å². The first-order chi connectivity index (χ1) is 8.02. The first-order valence-electron chi connectivity index (χ1n) is 5.81. The molecule has 0 atom stereocenters. The smallest absolute Gasteiger partial charge is 0.337 e. The lowest BCUT2D eigenvalue weighted by molar-refractivity contribution is 0.0455. The van der Waals surface area contributed by atoms with Crippen molar-refractivity contribution >= 4 is 11.7 Å². The maximum atomic E-state index is 11.0. The van der Waals surface area contributed by atoms with E-state index in [2.05, 4.69) is 5.32 Å². The number of nitrogens with one attached hydrogen (secondary N) is 1. The van der Waals surface area contributed by atoms with Crippen molar-refractivity contribution in [2.45, 2.75) is 32.3 Å². The number of para-hydroxylation sites is 1. The van der Waals surface area contributed by atoms with Gasteiger partial charge in [-0.25, -0.2) is 4.79 Å². The van der Waals surface area contributed by atoms with Gasteiger partial charge in [0, 0.05) is 12.2 Å². The van der Waals surface area contributed by atoms with Crippen LogP contribution >= 0.6 is 0 Å². The third-order valence-electron chi connectivity index (χ3n) is 3.08. The van der Waals surface area contributed by atoms with E-state index < -0.39 is 11.6 Å². The Morgan fingerprint density at radius 1 is 1.29 bits per heavy atom. The highest BCUT2D eigenvalue weighted by Gasteiger charge is 2.22. The van der Waals surface area contributed by atoms with Crippen molar-refractivity contribution in [3.05, 3.63) is 29.8 Å². The Morgan fingerprint density at radius 2 is 1.88 bits per heavy atom. The van der Waals surface area contributed by atoms with Crippen LogP contribution in [0, 0.1) is 0 Å². The SMILES string of the molecule is CCC(O)(CC)CNc1ccccc1C(=O)O. The molecule has 3 N–H and O–H groups in total. The molecule has 0 fully saturated rings. The zero-order valence-electron chi connectivity index (χ0n) is 10.2. The second kappa shape index (κ2) is 5.68. The van der Waals surface area contributed by atoms with Gasteiger partial charge in [-0.2, -0.15) is 0 Å². The van der Waals surface area contributed by atoms with E-state index in [9.17, 15) is 9.90 Å². The molecular formula is C13H19NO3. The fraction of sp³-hybridized carbons (Fsp3) is 0.462. The van der Waals surface area contributed by atoms with Gasteiger partial charge in [0.05, 0.1) is 11.2 Å². The van der Waals surface area contributed by atoms with Crippen LogP contribution in [0.4, 0.5) is 5.69 Å². The van der Waals surface area contributed by atoms with Crippen molar-refractivity contribution in [1.82, 2.24) is 0 Å². The highest BCUT2D eigenvalue weighted by atomic mass is 16.4. The molecule has 0 aliphatic rings. The highest BCUT2D eigenvalue weighted by molar-refractivity contribution is 5.94. The van der Waals surface area contributed by atoms with E-state index in [0.29, 0.717) is 25.1 Å². The predicted octanol–water partition coefficient (Wildman–Crippen LogP) is 2.35. The van der Waals surface area contributed by atoms with Gasteiger partial charge in [-0.3, -0.25) is 0 Å². The van der Waals surface area contributed by atoms with Crippen molar-refractivity contribution in [3.8, 4) is 0 Å². The molecule has 0 heterocycles. The van der Waals surface area contributed by atoms with Crippen LogP contribution in [0.25, 0.3) is 0 Å². The Balaban J connectivity index is 2.79. The number of anilines is 1. The normalized spacial score (nSPS) is 11.2. The van der Waals surface area contributed by atoms with Crippen molar-refractivity contribution in [2.24, 2.45) is 0 Å². The van der Waals surface area contributed by atoms with E-state index in [0.717, 1.165) is 0 Å². The maximum Gasteiger partial charge on any atom is 0.337 e. The van der Waals surface area contributed by atoms with Crippen molar-refractivity contribution in [2.75, 3.05) is 11.9 Å². The first kappa shape index (κ1) is 13.5. The van der Waals surface area contributed by atoms with Crippen LogP contribution in [-0.4, -0.2) is 28.3 Å². The molecule has 17 heavy (non-hydrogen) atoms. The van der Waals surface area contributed by atoms with E-state index in [4.69, 9.17) is 5.11 Å². The Kier molecular flexibility index (Phi) is 4.52. The molecular weight excluding hydrogens is 218 g/mol. The van der Waals surface area contributed by atoms with E-state index in [1.165, 1.54) is 0 Å². The fourth-order valence-electron chi connectivity index (χ4n) is 1.58. The lowest BCUT2D eigenvalue weighted by atomic mass is 9.97. The Hall–Kier alpha value is -1.55. The van der Waals surface area contributed by atoms with Gasteiger partial charge in [0.15, 0.2) is 0 Å². The Bertz CT molecular complexity index is 386. The molecule has 0 radical (unpaired) electrons. The average Bonchev–Trinajstić information content (AvgIpc) is 2.36. The van der Waals surface area contributed by atoms with Gasteiger partial charge in [0.25, 0.3) is 0 Å². The predicted molar refractivity (Wildman–Crippen MR) is 67.4 cm³/mol. The lowest BCUT2D eigenvalue weighted by Gasteiger charge is -2.26. The number of aliphatic hydroxyl groups is 1. The lowest BCUT2D eigenvalue weighted by Crippen LogP contribution is -2.35. The molecule has 0 amide bonds. The van der Waals surface area contributed by atoms with Crippen LogP contribution in [0.15, 0.2) is 24.3 Å². The van der Waals surface area contributed by atoms with Crippen LogP contribution in [0.5, 0.6) is 0 Å². The minimum Gasteiger partial charge on any atom is -0.478 e. The summed E-state index contributed by atoms with van der Waals surface area (Å²) in [4.78, 5) is 11.0. The third-order valence-corrected chi connectivity index (χ3v) is 3.08. The molecule has 1 rings (SSSR count). The third kappa shape index (κ3) is 3.46. The van der Waals surface area contributed by atoms with Crippen LogP contribution in [-0.2, 0) is 0 Å². The zero-order chi connectivity index (χ0) is 12.9. The summed E-state index contributed by atoms with van der Waals surface area (Å²) in [6.45, 7) is 4.17. The number of carboxylic acids is 1. The zero-order valence-corrected chi connectivity index (χ0v) is 10.2. The second-order valence-corrected chi connectivity index (χ2v) is 4.14. The van der Waals surface area contributed by atoms with Crippen molar-refractivity contribution in [1.29, 1.82) is 0 Å². The highest BCUT2D eigenvalue weighted by Crippen LogP contribution is 2.19. The summed E-state index contributed by atoms with van der Waals surface area (Å²) in [5.41, 5.74) is -0.0200. The average molecular weight is 237 g/mol.